The lowest BCUT2D eigenvalue weighted by molar-refractivity contribution is -0.0195. The molecular weight excluding hydrogens is 262 g/mol. The molecule has 3 nitrogen and oxygen atoms in total. The van der Waals surface area contributed by atoms with Crippen LogP contribution < -0.4 is 10.5 Å². The van der Waals surface area contributed by atoms with Gasteiger partial charge in [0, 0.05) is 6.04 Å². The summed E-state index contributed by atoms with van der Waals surface area (Å²) in [6.45, 7) is 6.37. The van der Waals surface area contributed by atoms with E-state index in [0.717, 1.165) is 17.7 Å². The van der Waals surface area contributed by atoms with E-state index in [1.807, 2.05) is 31.2 Å². The summed E-state index contributed by atoms with van der Waals surface area (Å²) in [5.41, 5.74) is 7.22. The highest BCUT2D eigenvalue weighted by Crippen LogP contribution is 2.25. The first-order valence-electron chi connectivity index (χ1n) is 8.13. The van der Waals surface area contributed by atoms with Crippen LogP contribution in [-0.2, 0) is 4.74 Å². The first-order chi connectivity index (χ1) is 10.1. The van der Waals surface area contributed by atoms with Gasteiger partial charge in [-0.1, -0.05) is 44.7 Å². The number of rotatable bonds is 10. The van der Waals surface area contributed by atoms with Gasteiger partial charge in [0.05, 0.1) is 19.3 Å². The van der Waals surface area contributed by atoms with Gasteiger partial charge in [-0.25, -0.2) is 0 Å². The average molecular weight is 293 g/mol. The largest absolute Gasteiger partial charge is 0.497 e. The van der Waals surface area contributed by atoms with E-state index >= 15 is 0 Å². The summed E-state index contributed by atoms with van der Waals surface area (Å²) in [4.78, 5) is 0. The Labute approximate surface area is 129 Å². The molecule has 0 fully saturated rings. The van der Waals surface area contributed by atoms with Crippen LogP contribution in [0.2, 0.25) is 0 Å². The number of ether oxygens (including phenoxy) is 2. The lowest BCUT2D eigenvalue weighted by atomic mass is 10.0. The molecule has 21 heavy (non-hydrogen) atoms. The SMILES string of the molecule is CCCCCCC(C)OC(c1ccc(OC)cc1)C(C)N. The van der Waals surface area contributed by atoms with Crippen LogP contribution in [0.1, 0.15) is 64.5 Å². The van der Waals surface area contributed by atoms with Gasteiger partial charge in [0.15, 0.2) is 0 Å². The van der Waals surface area contributed by atoms with E-state index in [1.165, 1.54) is 25.7 Å². The molecule has 0 saturated heterocycles. The molecule has 3 heteroatoms. The fourth-order valence-corrected chi connectivity index (χ4v) is 2.48. The molecule has 120 valence electrons. The third-order valence-corrected chi connectivity index (χ3v) is 3.76. The van der Waals surface area contributed by atoms with Gasteiger partial charge in [-0.15, -0.1) is 0 Å². The van der Waals surface area contributed by atoms with Gasteiger partial charge in [-0.2, -0.15) is 0 Å². The summed E-state index contributed by atoms with van der Waals surface area (Å²) in [5.74, 6) is 0.856. The zero-order valence-electron chi connectivity index (χ0n) is 14.0. The Hall–Kier alpha value is -1.06. The molecule has 0 heterocycles. The van der Waals surface area contributed by atoms with Crippen molar-refractivity contribution in [1.82, 2.24) is 0 Å². The maximum absolute atomic E-state index is 6.19. The first kappa shape index (κ1) is 18.0. The molecule has 1 aromatic rings. The maximum atomic E-state index is 6.19. The van der Waals surface area contributed by atoms with E-state index in [4.69, 9.17) is 15.2 Å². The first-order valence-corrected chi connectivity index (χ1v) is 8.13. The molecule has 0 aliphatic heterocycles. The van der Waals surface area contributed by atoms with Crippen LogP contribution >= 0.6 is 0 Å². The van der Waals surface area contributed by atoms with Crippen molar-refractivity contribution in [3.8, 4) is 5.75 Å². The normalized spacial score (nSPS) is 15.5. The van der Waals surface area contributed by atoms with E-state index < -0.39 is 0 Å². The molecular formula is C18H31NO2. The minimum atomic E-state index is -0.0583. The Morgan fingerprint density at radius 2 is 1.71 bits per heavy atom. The number of methoxy groups -OCH3 is 1. The van der Waals surface area contributed by atoms with Gasteiger partial charge in [-0.3, -0.25) is 0 Å². The van der Waals surface area contributed by atoms with E-state index in [9.17, 15) is 0 Å². The molecule has 0 aliphatic rings. The summed E-state index contributed by atoms with van der Waals surface area (Å²) in [5, 5.41) is 0. The van der Waals surface area contributed by atoms with E-state index in [0.29, 0.717) is 0 Å². The van der Waals surface area contributed by atoms with Crippen molar-refractivity contribution >= 4 is 0 Å². The molecule has 0 amide bonds. The molecule has 3 unspecified atom stereocenters. The highest BCUT2D eigenvalue weighted by molar-refractivity contribution is 5.29. The molecule has 1 rings (SSSR count). The second kappa shape index (κ2) is 9.80. The summed E-state index contributed by atoms with van der Waals surface area (Å²) >= 11 is 0. The molecule has 0 bridgehead atoms. The molecule has 0 aliphatic carbocycles. The van der Waals surface area contributed by atoms with Gasteiger partial charge < -0.3 is 15.2 Å². The molecule has 0 saturated carbocycles. The lowest BCUT2D eigenvalue weighted by Crippen LogP contribution is -2.29. The molecule has 0 aromatic heterocycles. The van der Waals surface area contributed by atoms with Crippen molar-refractivity contribution in [2.24, 2.45) is 5.73 Å². The average Bonchev–Trinajstić information content (AvgIpc) is 2.49. The Morgan fingerprint density at radius 1 is 1.05 bits per heavy atom. The minimum absolute atomic E-state index is 0.0310. The fraction of sp³-hybridized carbons (Fsp3) is 0.667. The smallest absolute Gasteiger partial charge is 0.118 e. The number of hydrogen-bond acceptors (Lipinski definition) is 3. The monoisotopic (exact) mass is 293 g/mol. The van der Waals surface area contributed by atoms with Gasteiger partial charge in [-0.05, 0) is 38.0 Å². The van der Waals surface area contributed by atoms with Crippen LogP contribution in [-0.4, -0.2) is 19.3 Å². The van der Waals surface area contributed by atoms with E-state index in [2.05, 4.69) is 13.8 Å². The van der Waals surface area contributed by atoms with Crippen LogP contribution in [0.4, 0.5) is 0 Å². The van der Waals surface area contributed by atoms with Gasteiger partial charge in [0.25, 0.3) is 0 Å². The summed E-state index contributed by atoms with van der Waals surface area (Å²) < 4.78 is 11.4. The number of nitrogens with two attached hydrogens (primary N) is 1. The minimum Gasteiger partial charge on any atom is -0.497 e. The van der Waals surface area contributed by atoms with Crippen LogP contribution in [0.25, 0.3) is 0 Å². The van der Waals surface area contributed by atoms with Crippen LogP contribution in [0.5, 0.6) is 5.75 Å². The fourth-order valence-electron chi connectivity index (χ4n) is 2.48. The molecule has 1 aromatic carbocycles. The van der Waals surface area contributed by atoms with Crippen molar-refractivity contribution in [2.75, 3.05) is 7.11 Å². The van der Waals surface area contributed by atoms with Crippen LogP contribution in [0.3, 0.4) is 0 Å². The molecule has 0 spiro atoms. The van der Waals surface area contributed by atoms with E-state index in [1.54, 1.807) is 7.11 Å². The Morgan fingerprint density at radius 3 is 2.24 bits per heavy atom. The van der Waals surface area contributed by atoms with E-state index in [-0.39, 0.29) is 18.2 Å². The highest BCUT2D eigenvalue weighted by Gasteiger charge is 2.19. The number of hydrogen-bond donors (Lipinski definition) is 1. The third-order valence-electron chi connectivity index (χ3n) is 3.76. The van der Waals surface area contributed by atoms with Crippen molar-refractivity contribution in [3.05, 3.63) is 29.8 Å². The summed E-state index contributed by atoms with van der Waals surface area (Å²) in [7, 11) is 1.67. The van der Waals surface area contributed by atoms with Crippen LogP contribution in [0.15, 0.2) is 24.3 Å². The van der Waals surface area contributed by atoms with Crippen LogP contribution in [0, 0.1) is 0 Å². The Kier molecular flexibility index (Phi) is 8.40. The van der Waals surface area contributed by atoms with Gasteiger partial charge >= 0.3 is 0 Å². The third kappa shape index (κ3) is 6.49. The quantitative estimate of drug-likeness (QED) is 0.648. The van der Waals surface area contributed by atoms with Crippen molar-refractivity contribution < 1.29 is 9.47 Å². The zero-order valence-corrected chi connectivity index (χ0v) is 14.0. The topological polar surface area (TPSA) is 44.5 Å². The van der Waals surface area contributed by atoms with Crippen molar-refractivity contribution in [1.29, 1.82) is 0 Å². The number of benzene rings is 1. The van der Waals surface area contributed by atoms with Gasteiger partial charge in [0.2, 0.25) is 0 Å². The Bertz CT molecular complexity index is 375. The zero-order chi connectivity index (χ0) is 15.7. The Balaban J connectivity index is 2.56. The summed E-state index contributed by atoms with van der Waals surface area (Å²) in [6.07, 6.45) is 6.36. The van der Waals surface area contributed by atoms with Crippen molar-refractivity contribution in [3.63, 3.8) is 0 Å². The number of unbranched alkanes of at least 4 members (excludes halogenated alkanes) is 3. The molecule has 3 atom stereocenters. The second-order valence-corrected chi connectivity index (χ2v) is 5.85. The lowest BCUT2D eigenvalue weighted by Gasteiger charge is -2.26. The predicted molar refractivity (Wildman–Crippen MR) is 88.7 cm³/mol. The molecule has 0 radical (unpaired) electrons. The predicted octanol–water partition coefficient (Wildman–Crippen LogP) is 4.46. The maximum Gasteiger partial charge on any atom is 0.118 e. The van der Waals surface area contributed by atoms with Crippen molar-refractivity contribution in [2.45, 2.75) is 71.1 Å². The second-order valence-electron chi connectivity index (χ2n) is 5.85. The molecule has 2 N–H and O–H groups in total. The standard InChI is InChI=1S/C18H31NO2/c1-5-6-7-8-9-14(2)21-18(15(3)19)16-10-12-17(20-4)13-11-16/h10-15,18H,5-9,19H2,1-4H3. The van der Waals surface area contributed by atoms with Gasteiger partial charge in [0.1, 0.15) is 5.75 Å². The summed E-state index contributed by atoms with van der Waals surface area (Å²) in [6, 6.07) is 7.96. The highest BCUT2D eigenvalue weighted by atomic mass is 16.5.